The lowest BCUT2D eigenvalue weighted by atomic mass is 9.99. The predicted octanol–water partition coefficient (Wildman–Crippen LogP) is 3.62. The van der Waals surface area contributed by atoms with Crippen molar-refractivity contribution in [3.8, 4) is 0 Å². The van der Waals surface area contributed by atoms with Crippen LogP contribution in [-0.2, 0) is 0 Å². The molecule has 1 atom stereocenters. The molecule has 1 unspecified atom stereocenters. The molecule has 0 aliphatic rings. The SMILES string of the molecule is Cc1ccc2nc(C)c(C(N)c3ccc(C)c(C)c3)n2c1. The highest BCUT2D eigenvalue weighted by atomic mass is 15.0. The standard InChI is InChI=1S/C18H21N3/c1-11-5-8-16-20-14(4)18(21(16)10-11)17(19)15-7-6-12(2)13(3)9-15/h5-10,17H,19H2,1-4H3. The van der Waals surface area contributed by atoms with E-state index in [0.29, 0.717) is 0 Å². The summed E-state index contributed by atoms with van der Waals surface area (Å²) in [5.74, 6) is 0. The van der Waals surface area contributed by atoms with Crippen LogP contribution in [-0.4, -0.2) is 9.38 Å². The van der Waals surface area contributed by atoms with Gasteiger partial charge in [-0.25, -0.2) is 4.98 Å². The van der Waals surface area contributed by atoms with Gasteiger partial charge in [-0.2, -0.15) is 0 Å². The molecule has 3 nitrogen and oxygen atoms in total. The van der Waals surface area contributed by atoms with E-state index in [1.807, 2.05) is 13.0 Å². The van der Waals surface area contributed by atoms with E-state index in [2.05, 4.69) is 60.6 Å². The largest absolute Gasteiger partial charge is 0.319 e. The third kappa shape index (κ3) is 2.34. The summed E-state index contributed by atoms with van der Waals surface area (Å²) < 4.78 is 2.12. The van der Waals surface area contributed by atoms with Crippen molar-refractivity contribution >= 4 is 5.65 Å². The first-order valence-electron chi connectivity index (χ1n) is 7.25. The second-order valence-corrected chi connectivity index (χ2v) is 5.84. The van der Waals surface area contributed by atoms with Gasteiger partial charge in [0.15, 0.2) is 0 Å². The number of pyridine rings is 1. The van der Waals surface area contributed by atoms with E-state index >= 15 is 0 Å². The second kappa shape index (κ2) is 5.01. The molecule has 3 rings (SSSR count). The van der Waals surface area contributed by atoms with Gasteiger partial charge in [0.05, 0.1) is 17.4 Å². The Morgan fingerprint density at radius 3 is 2.48 bits per heavy atom. The topological polar surface area (TPSA) is 43.3 Å². The fraction of sp³-hybridized carbons (Fsp3) is 0.278. The van der Waals surface area contributed by atoms with E-state index in [1.165, 1.54) is 16.7 Å². The molecule has 0 amide bonds. The number of nitrogens with zero attached hydrogens (tertiary/aromatic N) is 2. The number of aryl methyl sites for hydroxylation is 4. The molecule has 2 N–H and O–H groups in total. The molecule has 0 saturated heterocycles. The van der Waals surface area contributed by atoms with Crippen LogP contribution in [0, 0.1) is 27.7 Å². The van der Waals surface area contributed by atoms with Gasteiger partial charge in [-0.15, -0.1) is 0 Å². The Labute approximate surface area is 125 Å². The van der Waals surface area contributed by atoms with Gasteiger partial charge in [-0.3, -0.25) is 0 Å². The summed E-state index contributed by atoms with van der Waals surface area (Å²) in [6, 6.07) is 10.4. The van der Waals surface area contributed by atoms with Crippen molar-refractivity contribution in [3.05, 3.63) is 70.2 Å². The highest BCUT2D eigenvalue weighted by molar-refractivity contribution is 5.47. The quantitative estimate of drug-likeness (QED) is 0.778. The first kappa shape index (κ1) is 13.8. The zero-order chi connectivity index (χ0) is 15.1. The Morgan fingerprint density at radius 2 is 1.76 bits per heavy atom. The van der Waals surface area contributed by atoms with Gasteiger partial charge < -0.3 is 10.1 Å². The Bertz CT molecular complexity index is 815. The van der Waals surface area contributed by atoms with E-state index < -0.39 is 0 Å². The molecule has 0 bridgehead atoms. The normalized spacial score (nSPS) is 12.8. The highest BCUT2D eigenvalue weighted by Gasteiger charge is 2.18. The van der Waals surface area contributed by atoms with Crippen LogP contribution in [0.5, 0.6) is 0 Å². The smallest absolute Gasteiger partial charge is 0.137 e. The molecular weight excluding hydrogens is 258 g/mol. The Kier molecular flexibility index (Phi) is 3.30. The zero-order valence-corrected chi connectivity index (χ0v) is 13.0. The number of hydrogen-bond donors (Lipinski definition) is 1. The first-order chi connectivity index (χ1) is 9.97. The number of hydrogen-bond acceptors (Lipinski definition) is 2. The van der Waals surface area contributed by atoms with Gasteiger partial charge in [0.2, 0.25) is 0 Å². The molecule has 108 valence electrons. The first-order valence-corrected chi connectivity index (χ1v) is 7.25. The molecule has 2 heterocycles. The molecule has 21 heavy (non-hydrogen) atoms. The molecule has 3 heteroatoms. The molecule has 0 saturated carbocycles. The molecule has 0 spiro atoms. The van der Waals surface area contributed by atoms with Crippen molar-refractivity contribution < 1.29 is 0 Å². The van der Waals surface area contributed by atoms with Crippen LogP contribution in [0.1, 0.15) is 39.7 Å². The van der Waals surface area contributed by atoms with Gasteiger partial charge in [0, 0.05) is 6.20 Å². The van der Waals surface area contributed by atoms with Crippen LogP contribution in [0.2, 0.25) is 0 Å². The highest BCUT2D eigenvalue weighted by Crippen LogP contribution is 2.25. The van der Waals surface area contributed by atoms with Crippen molar-refractivity contribution in [3.63, 3.8) is 0 Å². The molecule has 1 aromatic carbocycles. The van der Waals surface area contributed by atoms with Crippen LogP contribution >= 0.6 is 0 Å². The van der Waals surface area contributed by atoms with Crippen LogP contribution in [0.15, 0.2) is 36.5 Å². The maximum absolute atomic E-state index is 6.54. The number of rotatable bonds is 2. The van der Waals surface area contributed by atoms with E-state index in [1.54, 1.807) is 0 Å². The fourth-order valence-corrected chi connectivity index (χ4v) is 2.78. The van der Waals surface area contributed by atoms with Crippen LogP contribution < -0.4 is 5.73 Å². The van der Waals surface area contributed by atoms with Crippen molar-refractivity contribution in [2.75, 3.05) is 0 Å². The lowest BCUT2D eigenvalue weighted by molar-refractivity contribution is 0.802. The van der Waals surface area contributed by atoms with Crippen molar-refractivity contribution in [1.82, 2.24) is 9.38 Å². The van der Waals surface area contributed by atoms with Crippen LogP contribution in [0.4, 0.5) is 0 Å². The summed E-state index contributed by atoms with van der Waals surface area (Å²) in [6.45, 7) is 8.35. The summed E-state index contributed by atoms with van der Waals surface area (Å²) in [5, 5.41) is 0. The number of nitrogens with two attached hydrogens (primary N) is 1. The van der Waals surface area contributed by atoms with E-state index in [9.17, 15) is 0 Å². The van der Waals surface area contributed by atoms with Gasteiger partial charge in [0.25, 0.3) is 0 Å². The average molecular weight is 279 g/mol. The number of aromatic nitrogens is 2. The average Bonchev–Trinajstić information content (AvgIpc) is 2.76. The Balaban J connectivity index is 2.16. The van der Waals surface area contributed by atoms with Gasteiger partial charge in [-0.1, -0.05) is 24.3 Å². The minimum Gasteiger partial charge on any atom is -0.319 e. The molecular formula is C18H21N3. The van der Waals surface area contributed by atoms with Crippen LogP contribution in [0.3, 0.4) is 0 Å². The summed E-state index contributed by atoms with van der Waals surface area (Å²) in [5.41, 5.74) is 14.4. The summed E-state index contributed by atoms with van der Waals surface area (Å²) in [6.07, 6.45) is 2.10. The molecule has 0 radical (unpaired) electrons. The van der Waals surface area contributed by atoms with Crippen molar-refractivity contribution in [2.24, 2.45) is 5.73 Å². The summed E-state index contributed by atoms with van der Waals surface area (Å²) >= 11 is 0. The van der Waals surface area contributed by atoms with Gasteiger partial charge in [-0.05, 0) is 56.0 Å². The van der Waals surface area contributed by atoms with E-state index in [0.717, 1.165) is 22.6 Å². The Hall–Kier alpha value is -2.13. The minimum atomic E-state index is -0.166. The van der Waals surface area contributed by atoms with Crippen LogP contribution in [0.25, 0.3) is 5.65 Å². The molecule has 0 fully saturated rings. The van der Waals surface area contributed by atoms with E-state index in [-0.39, 0.29) is 6.04 Å². The third-order valence-corrected chi connectivity index (χ3v) is 4.17. The third-order valence-electron chi connectivity index (χ3n) is 4.17. The Morgan fingerprint density at radius 1 is 1.00 bits per heavy atom. The zero-order valence-electron chi connectivity index (χ0n) is 13.0. The van der Waals surface area contributed by atoms with Gasteiger partial charge in [0.1, 0.15) is 5.65 Å². The molecule has 3 aromatic rings. The number of fused-ring (bicyclic) bond motifs is 1. The number of imidazole rings is 1. The predicted molar refractivity (Wildman–Crippen MR) is 86.6 cm³/mol. The summed E-state index contributed by atoms with van der Waals surface area (Å²) in [7, 11) is 0. The molecule has 2 aromatic heterocycles. The maximum Gasteiger partial charge on any atom is 0.137 e. The molecule has 0 aliphatic carbocycles. The lowest BCUT2D eigenvalue weighted by Crippen LogP contribution is -2.15. The number of benzene rings is 1. The molecule has 0 aliphatic heterocycles. The summed E-state index contributed by atoms with van der Waals surface area (Å²) in [4.78, 5) is 4.62. The minimum absolute atomic E-state index is 0.166. The van der Waals surface area contributed by atoms with E-state index in [4.69, 9.17) is 5.73 Å². The van der Waals surface area contributed by atoms with Crippen molar-refractivity contribution in [1.29, 1.82) is 0 Å². The fourth-order valence-electron chi connectivity index (χ4n) is 2.78. The monoisotopic (exact) mass is 279 g/mol. The maximum atomic E-state index is 6.54. The second-order valence-electron chi connectivity index (χ2n) is 5.84. The van der Waals surface area contributed by atoms with Gasteiger partial charge >= 0.3 is 0 Å². The van der Waals surface area contributed by atoms with Crippen molar-refractivity contribution in [2.45, 2.75) is 33.7 Å². The lowest BCUT2D eigenvalue weighted by Gasteiger charge is -2.15.